The molecule has 5 rings (SSSR count). The molecule has 1 aromatic carbocycles. The van der Waals surface area contributed by atoms with E-state index < -0.39 is 16.9 Å². The van der Waals surface area contributed by atoms with Crippen LogP contribution < -0.4 is 5.73 Å². The van der Waals surface area contributed by atoms with Gasteiger partial charge in [0.2, 0.25) is 0 Å². The average Bonchev–Trinajstić information content (AvgIpc) is 2.62. The second kappa shape index (κ2) is 6.05. The number of Topliss-reactive ketones (excluding diaryl/α,β-unsaturated/α-hetero) is 1. The Kier molecular flexibility index (Phi) is 3.98. The average molecular weight is 400 g/mol. The van der Waals surface area contributed by atoms with E-state index in [4.69, 9.17) is 5.73 Å². The highest BCUT2D eigenvalue weighted by Crippen LogP contribution is 2.61. The summed E-state index contributed by atoms with van der Waals surface area (Å²) in [6.45, 7) is 1.94. The van der Waals surface area contributed by atoms with Crippen LogP contribution in [0.4, 0.5) is 0 Å². The van der Waals surface area contributed by atoms with Gasteiger partial charge in [-0.3, -0.25) is 9.59 Å². The SMILES string of the molecule is C[N+]1(CC2CCC2)CC[C@]23CC(=O)CC[C@@]2(O)[C@H]1Cc1ccc(C(N)=O)c(O)c13. The lowest BCUT2D eigenvalue weighted by atomic mass is 9.48. The molecule has 1 aliphatic heterocycles. The summed E-state index contributed by atoms with van der Waals surface area (Å²) in [6, 6.07) is 3.46. The molecule has 2 saturated carbocycles. The van der Waals surface area contributed by atoms with Gasteiger partial charge in [0.05, 0.1) is 25.7 Å². The molecule has 4 N–H and O–H groups in total. The fourth-order valence-electron chi connectivity index (χ4n) is 7.10. The number of hydrogen-bond acceptors (Lipinski definition) is 4. The molecule has 2 bridgehead atoms. The Morgan fingerprint density at radius 1 is 1.31 bits per heavy atom. The van der Waals surface area contributed by atoms with Crippen LogP contribution in [0.25, 0.3) is 0 Å². The third kappa shape index (κ3) is 2.42. The monoisotopic (exact) mass is 399 g/mol. The van der Waals surface area contributed by atoms with Gasteiger partial charge in [-0.1, -0.05) is 12.5 Å². The van der Waals surface area contributed by atoms with E-state index in [0.717, 1.165) is 23.1 Å². The summed E-state index contributed by atoms with van der Waals surface area (Å²) in [7, 11) is 2.27. The number of ketones is 1. The summed E-state index contributed by atoms with van der Waals surface area (Å²) >= 11 is 0. The van der Waals surface area contributed by atoms with Crippen LogP contribution in [0.2, 0.25) is 0 Å². The van der Waals surface area contributed by atoms with Crippen LogP contribution in [0.1, 0.15) is 66.4 Å². The summed E-state index contributed by atoms with van der Waals surface area (Å²) in [4.78, 5) is 24.5. The quantitative estimate of drug-likeness (QED) is 0.675. The third-order valence-corrected chi connectivity index (χ3v) is 8.79. The molecular weight excluding hydrogens is 368 g/mol. The molecule has 29 heavy (non-hydrogen) atoms. The van der Waals surface area contributed by atoms with Gasteiger partial charge in [-0.05, 0) is 30.9 Å². The number of rotatable bonds is 3. The largest absolute Gasteiger partial charge is 0.507 e. The summed E-state index contributed by atoms with van der Waals surface area (Å²) in [6.07, 6.45) is 6.15. The number of piperidine rings is 1. The number of quaternary nitrogens is 1. The van der Waals surface area contributed by atoms with Crippen LogP contribution in [-0.4, -0.2) is 58.2 Å². The van der Waals surface area contributed by atoms with Crippen molar-refractivity contribution in [2.24, 2.45) is 11.7 Å². The predicted octanol–water partition coefficient (Wildman–Crippen LogP) is 1.79. The lowest BCUT2D eigenvalue weighted by Gasteiger charge is -2.65. The number of carbonyl (C=O) groups excluding carboxylic acids is 2. The molecule has 3 fully saturated rings. The van der Waals surface area contributed by atoms with Gasteiger partial charge in [0.1, 0.15) is 23.2 Å². The van der Waals surface area contributed by atoms with Crippen molar-refractivity contribution in [3.05, 3.63) is 28.8 Å². The van der Waals surface area contributed by atoms with E-state index in [0.29, 0.717) is 37.2 Å². The van der Waals surface area contributed by atoms with E-state index in [1.54, 1.807) is 6.07 Å². The molecule has 0 radical (unpaired) electrons. The van der Waals surface area contributed by atoms with Crippen LogP contribution >= 0.6 is 0 Å². The van der Waals surface area contributed by atoms with E-state index in [1.807, 2.05) is 6.07 Å². The number of nitrogens with zero attached hydrogens (tertiary/aromatic N) is 1. The molecule has 156 valence electrons. The van der Waals surface area contributed by atoms with Crippen LogP contribution in [0.5, 0.6) is 5.75 Å². The van der Waals surface area contributed by atoms with E-state index in [2.05, 4.69) is 7.05 Å². The van der Waals surface area contributed by atoms with Crippen LogP contribution in [0, 0.1) is 5.92 Å². The topological polar surface area (TPSA) is 101 Å². The Bertz CT molecular complexity index is 910. The van der Waals surface area contributed by atoms with Crippen molar-refractivity contribution in [3.8, 4) is 5.75 Å². The highest BCUT2D eigenvalue weighted by Gasteiger charge is 2.70. The van der Waals surface area contributed by atoms with Crippen LogP contribution in [0.15, 0.2) is 12.1 Å². The van der Waals surface area contributed by atoms with E-state index in [1.165, 1.54) is 19.3 Å². The van der Waals surface area contributed by atoms with Gasteiger partial charge in [-0.2, -0.15) is 0 Å². The smallest absolute Gasteiger partial charge is 0.252 e. The Hall–Kier alpha value is -1.92. The van der Waals surface area contributed by atoms with Crippen molar-refractivity contribution in [3.63, 3.8) is 0 Å². The maximum atomic E-state index is 12.6. The highest BCUT2D eigenvalue weighted by molar-refractivity contribution is 5.96. The summed E-state index contributed by atoms with van der Waals surface area (Å²) in [5, 5.41) is 23.3. The van der Waals surface area contributed by atoms with Crippen molar-refractivity contribution in [2.75, 3.05) is 20.1 Å². The molecule has 0 aromatic heterocycles. The maximum absolute atomic E-state index is 12.6. The van der Waals surface area contributed by atoms with Gasteiger partial charge in [-0.15, -0.1) is 0 Å². The molecule has 1 heterocycles. The number of carbonyl (C=O) groups is 2. The number of aliphatic hydroxyl groups is 1. The molecule has 6 nitrogen and oxygen atoms in total. The van der Waals surface area contributed by atoms with Gasteiger partial charge >= 0.3 is 0 Å². The molecule has 6 heteroatoms. The Labute approximate surface area is 171 Å². The predicted molar refractivity (Wildman–Crippen MR) is 107 cm³/mol. The fraction of sp³-hybridized carbons (Fsp3) is 0.652. The molecular formula is C23H31N2O4+. The molecule has 1 unspecified atom stereocenters. The van der Waals surface area contributed by atoms with Crippen LogP contribution in [-0.2, 0) is 16.6 Å². The van der Waals surface area contributed by atoms with E-state index in [-0.39, 0.29) is 29.6 Å². The minimum atomic E-state index is -1.06. The number of amides is 1. The number of likely N-dealkylation sites (N-methyl/N-ethyl adjacent to an activating group) is 1. The highest BCUT2D eigenvalue weighted by atomic mass is 16.3. The molecule has 1 amide bonds. The molecule has 3 aliphatic carbocycles. The summed E-state index contributed by atoms with van der Waals surface area (Å²) in [5.74, 6) is 0.0289. The molecule has 1 aromatic rings. The van der Waals surface area contributed by atoms with Gasteiger partial charge in [0.15, 0.2) is 0 Å². The first-order chi connectivity index (χ1) is 13.7. The first-order valence-electron chi connectivity index (χ1n) is 10.9. The van der Waals surface area contributed by atoms with Crippen molar-refractivity contribution in [1.82, 2.24) is 0 Å². The Balaban J connectivity index is 1.69. The number of phenols is 1. The van der Waals surface area contributed by atoms with Gasteiger partial charge < -0.3 is 20.4 Å². The minimum absolute atomic E-state index is 0.00345. The molecule has 4 aliphatic rings. The summed E-state index contributed by atoms with van der Waals surface area (Å²) < 4.78 is 0.828. The third-order valence-electron chi connectivity index (χ3n) is 8.79. The molecule has 0 spiro atoms. The lowest BCUT2D eigenvalue weighted by molar-refractivity contribution is -0.952. The first kappa shape index (κ1) is 19.1. The standard InChI is InChI=1S/C23H30N2O4/c1-25(13-14-3-2-4-14)10-9-22-12-16(26)7-8-23(22,29)18(25)11-15-5-6-17(21(24)28)20(27)19(15)22/h5-6,14,18,29H,2-4,7-13H2,1H3,(H2-,24,27,28)/p+1/t18-,22-,23-,25?/m1/s1. The Morgan fingerprint density at radius 2 is 2.07 bits per heavy atom. The number of nitrogens with two attached hydrogens (primary N) is 1. The van der Waals surface area contributed by atoms with E-state index >= 15 is 0 Å². The molecule has 1 saturated heterocycles. The normalized spacial score (nSPS) is 38.7. The van der Waals surface area contributed by atoms with Gasteiger partial charge in [0, 0.05) is 42.6 Å². The number of primary amides is 1. The van der Waals surface area contributed by atoms with Crippen molar-refractivity contribution >= 4 is 11.7 Å². The number of likely N-dealkylation sites (tertiary alicyclic amines) is 1. The number of fused-ring (bicyclic) bond motifs is 1. The van der Waals surface area contributed by atoms with Crippen molar-refractivity contribution in [2.45, 2.75) is 68.4 Å². The number of benzene rings is 1. The zero-order chi connectivity index (χ0) is 20.6. The summed E-state index contributed by atoms with van der Waals surface area (Å²) in [5.41, 5.74) is 5.25. The zero-order valence-corrected chi connectivity index (χ0v) is 17.1. The second-order valence-corrected chi connectivity index (χ2v) is 10.2. The molecule has 4 atom stereocenters. The van der Waals surface area contributed by atoms with Gasteiger partial charge in [-0.25, -0.2) is 0 Å². The first-order valence-corrected chi connectivity index (χ1v) is 10.9. The lowest BCUT2D eigenvalue weighted by Crippen LogP contribution is -2.78. The van der Waals surface area contributed by atoms with Crippen LogP contribution in [0.3, 0.4) is 0 Å². The van der Waals surface area contributed by atoms with Gasteiger partial charge in [0.25, 0.3) is 5.91 Å². The fourth-order valence-corrected chi connectivity index (χ4v) is 7.10. The number of aromatic hydroxyl groups is 1. The van der Waals surface area contributed by atoms with Crippen molar-refractivity contribution < 1.29 is 24.3 Å². The zero-order valence-electron chi connectivity index (χ0n) is 17.1. The van der Waals surface area contributed by atoms with E-state index in [9.17, 15) is 19.8 Å². The second-order valence-electron chi connectivity index (χ2n) is 10.2. The maximum Gasteiger partial charge on any atom is 0.252 e. The Morgan fingerprint density at radius 3 is 2.72 bits per heavy atom. The minimum Gasteiger partial charge on any atom is -0.507 e. The van der Waals surface area contributed by atoms with Crippen molar-refractivity contribution in [1.29, 1.82) is 0 Å². The number of hydrogen-bond donors (Lipinski definition) is 3.